The number of carboxylic acids is 1. The zero-order chi connectivity index (χ0) is 11.1. The molecule has 0 aromatic rings. The molecule has 0 rings (SSSR count). The van der Waals surface area contributed by atoms with Crippen LogP contribution in [0.15, 0.2) is 0 Å². The number of rotatable bonds is 5. The van der Waals surface area contributed by atoms with Crippen molar-refractivity contribution in [1.29, 1.82) is 0 Å². The summed E-state index contributed by atoms with van der Waals surface area (Å²) in [6, 6.07) is -0.505. The number of carboxylic acid groups (broad SMARTS) is 1. The molecule has 0 aliphatic rings. The van der Waals surface area contributed by atoms with Crippen LogP contribution in [0.1, 0.15) is 26.7 Å². The first-order valence-electron chi connectivity index (χ1n) is 4.74. The molecule has 5 heteroatoms. The maximum absolute atomic E-state index is 11.3. The normalized spacial score (nSPS) is 11.9. The van der Waals surface area contributed by atoms with E-state index in [2.05, 4.69) is 5.32 Å². The molecule has 1 unspecified atom stereocenters. The number of nitrogens with zero attached hydrogens (tertiary/aromatic N) is 1. The van der Waals surface area contributed by atoms with Crippen molar-refractivity contribution in [2.24, 2.45) is 0 Å². The summed E-state index contributed by atoms with van der Waals surface area (Å²) < 4.78 is 0. The molecule has 0 aliphatic carbocycles. The molecule has 0 saturated carbocycles. The minimum absolute atomic E-state index is 0.0280. The Morgan fingerprint density at radius 3 is 2.36 bits per heavy atom. The fraction of sp³-hybridized carbons (Fsp3) is 0.778. The monoisotopic (exact) mass is 202 g/mol. The lowest BCUT2D eigenvalue weighted by molar-refractivity contribution is -0.137. The molecule has 0 heterocycles. The molecular formula is C9H18N2O3. The van der Waals surface area contributed by atoms with Gasteiger partial charge in [0.25, 0.3) is 0 Å². The Kier molecular flexibility index (Phi) is 5.67. The zero-order valence-corrected chi connectivity index (χ0v) is 8.91. The standard InChI is InChI=1S/C9H18N2O3/c1-4-7(6-8(12)13)10-9(14)11(3)5-2/h7H,4-6H2,1-3H3,(H,10,14)(H,12,13). The molecule has 82 valence electrons. The molecule has 2 amide bonds. The van der Waals surface area contributed by atoms with Crippen molar-refractivity contribution in [2.75, 3.05) is 13.6 Å². The van der Waals surface area contributed by atoms with Gasteiger partial charge in [-0.2, -0.15) is 0 Å². The van der Waals surface area contributed by atoms with E-state index in [1.165, 1.54) is 4.90 Å². The van der Waals surface area contributed by atoms with E-state index < -0.39 is 5.97 Å². The number of carbonyl (C=O) groups excluding carboxylic acids is 1. The van der Waals surface area contributed by atoms with Gasteiger partial charge in [0, 0.05) is 19.6 Å². The average molecular weight is 202 g/mol. The molecule has 14 heavy (non-hydrogen) atoms. The van der Waals surface area contributed by atoms with Gasteiger partial charge in [0.15, 0.2) is 0 Å². The third kappa shape index (κ3) is 4.69. The Labute approximate surface area is 84.1 Å². The maximum Gasteiger partial charge on any atom is 0.317 e. The highest BCUT2D eigenvalue weighted by Crippen LogP contribution is 1.98. The molecule has 0 spiro atoms. The third-order valence-electron chi connectivity index (χ3n) is 2.06. The molecule has 5 nitrogen and oxygen atoms in total. The van der Waals surface area contributed by atoms with Crippen molar-refractivity contribution in [1.82, 2.24) is 10.2 Å². The summed E-state index contributed by atoms with van der Waals surface area (Å²) in [5, 5.41) is 11.2. The van der Waals surface area contributed by atoms with Crippen LogP contribution in [0.25, 0.3) is 0 Å². The molecule has 0 radical (unpaired) electrons. The molecule has 0 saturated heterocycles. The van der Waals surface area contributed by atoms with Crippen molar-refractivity contribution >= 4 is 12.0 Å². The van der Waals surface area contributed by atoms with Crippen LogP contribution in [-0.2, 0) is 4.79 Å². The number of hydrogen-bond donors (Lipinski definition) is 2. The second-order valence-corrected chi connectivity index (χ2v) is 3.17. The highest BCUT2D eigenvalue weighted by Gasteiger charge is 2.15. The molecule has 0 bridgehead atoms. The Balaban J connectivity index is 4.04. The van der Waals surface area contributed by atoms with E-state index in [1.54, 1.807) is 7.05 Å². The summed E-state index contributed by atoms with van der Waals surface area (Å²) in [5.41, 5.74) is 0. The van der Waals surface area contributed by atoms with E-state index in [0.717, 1.165) is 0 Å². The predicted molar refractivity (Wildman–Crippen MR) is 53.2 cm³/mol. The third-order valence-corrected chi connectivity index (χ3v) is 2.06. The number of urea groups is 1. The molecule has 0 aromatic carbocycles. The van der Waals surface area contributed by atoms with Crippen LogP contribution in [-0.4, -0.2) is 41.6 Å². The Morgan fingerprint density at radius 1 is 1.43 bits per heavy atom. The predicted octanol–water partition coefficient (Wildman–Crippen LogP) is 0.901. The largest absolute Gasteiger partial charge is 0.481 e. The van der Waals surface area contributed by atoms with Crippen molar-refractivity contribution in [3.8, 4) is 0 Å². The lowest BCUT2D eigenvalue weighted by atomic mass is 10.1. The first kappa shape index (κ1) is 12.7. The summed E-state index contributed by atoms with van der Waals surface area (Å²) in [4.78, 5) is 23.3. The number of nitrogens with one attached hydrogen (secondary N) is 1. The molecule has 2 N–H and O–H groups in total. The molecule has 1 atom stereocenters. The van der Waals surface area contributed by atoms with Gasteiger partial charge in [-0.3, -0.25) is 4.79 Å². The van der Waals surface area contributed by atoms with E-state index in [4.69, 9.17) is 5.11 Å². The zero-order valence-electron chi connectivity index (χ0n) is 8.91. The van der Waals surface area contributed by atoms with Crippen molar-refractivity contribution < 1.29 is 14.7 Å². The Hall–Kier alpha value is -1.26. The van der Waals surface area contributed by atoms with Gasteiger partial charge < -0.3 is 15.3 Å². The van der Waals surface area contributed by atoms with E-state index >= 15 is 0 Å². The summed E-state index contributed by atoms with van der Waals surface area (Å²) in [6.45, 7) is 4.31. The lowest BCUT2D eigenvalue weighted by Gasteiger charge is -2.20. The van der Waals surface area contributed by atoms with Crippen molar-refractivity contribution in [3.63, 3.8) is 0 Å². The van der Waals surface area contributed by atoms with E-state index in [9.17, 15) is 9.59 Å². The van der Waals surface area contributed by atoms with Gasteiger partial charge >= 0.3 is 12.0 Å². The number of aliphatic carboxylic acids is 1. The minimum Gasteiger partial charge on any atom is -0.481 e. The first-order valence-corrected chi connectivity index (χ1v) is 4.74. The summed E-state index contributed by atoms with van der Waals surface area (Å²) in [7, 11) is 1.67. The van der Waals surface area contributed by atoms with Gasteiger partial charge in [0.05, 0.1) is 6.42 Å². The first-order chi connectivity index (χ1) is 6.51. The van der Waals surface area contributed by atoms with Crippen LogP contribution in [0.5, 0.6) is 0 Å². The fourth-order valence-corrected chi connectivity index (χ4v) is 0.937. The molecule has 0 fully saturated rings. The summed E-state index contributed by atoms with van der Waals surface area (Å²) in [6.07, 6.45) is 0.593. The van der Waals surface area contributed by atoms with E-state index in [0.29, 0.717) is 13.0 Å². The van der Waals surface area contributed by atoms with Gasteiger partial charge in [-0.15, -0.1) is 0 Å². The Bertz CT molecular complexity index is 206. The van der Waals surface area contributed by atoms with E-state index in [1.807, 2.05) is 13.8 Å². The molecule has 0 aliphatic heterocycles. The topological polar surface area (TPSA) is 69.6 Å². The molecule has 0 aromatic heterocycles. The van der Waals surface area contributed by atoms with E-state index in [-0.39, 0.29) is 18.5 Å². The van der Waals surface area contributed by atoms with Gasteiger partial charge in [0.1, 0.15) is 0 Å². The molecular weight excluding hydrogens is 184 g/mol. The highest BCUT2D eigenvalue weighted by atomic mass is 16.4. The lowest BCUT2D eigenvalue weighted by Crippen LogP contribution is -2.43. The minimum atomic E-state index is -0.892. The SMILES string of the molecule is CCC(CC(=O)O)NC(=O)N(C)CC. The smallest absolute Gasteiger partial charge is 0.317 e. The second kappa shape index (κ2) is 6.23. The maximum atomic E-state index is 11.3. The van der Waals surface area contributed by atoms with Gasteiger partial charge in [0.2, 0.25) is 0 Å². The van der Waals surface area contributed by atoms with Gasteiger partial charge in [-0.25, -0.2) is 4.79 Å². The van der Waals surface area contributed by atoms with Crippen LogP contribution in [0.4, 0.5) is 4.79 Å². The Morgan fingerprint density at radius 2 is 2.00 bits per heavy atom. The average Bonchev–Trinajstić information content (AvgIpc) is 2.14. The van der Waals surface area contributed by atoms with Crippen LogP contribution >= 0.6 is 0 Å². The quantitative estimate of drug-likeness (QED) is 0.696. The van der Waals surface area contributed by atoms with Gasteiger partial charge in [-0.05, 0) is 13.3 Å². The highest BCUT2D eigenvalue weighted by molar-refractivity contribution is 5.75. The van der Waals surface area contributed by atoms with Crippen LogP contribution < -0.4 is 5.32 Å². The van der Waals surface area contributed by atoms with Crippen molar-refractivity contribution in [2.45, 2.75) is 32.7 Å². The van der Waals surface area contributed by atoms with Crippen LogP contribution in [0.2, 0.25) is 0 Å². The van der Waals surface area contributed by atoms with Crippen LogP contribution in [0, 0.1) is 0 Å². The number of amides is 2. The van der Waals surface area contributed by atoms with Crippen LogP contribution in [0.3, 0.4) is 0 Å². The van der Waals surface area contributed by atoms with Gasteiger partial charge in [-0.1, -0.05) is 6.92 Å². The summed E-state index contributed by atoms with van der Waals surface area (Å²) in [5.74, 6) is -0.892. The fourth-order valence-electron chi connectivity index (χ4n) is 0.937. The number of hydrogen-bond acceptors (Lipinski definition) is 2. The summed E-state index contributed by atoms with van der Waals surface area (Å²) >= 11 is 0. The van der Waals surface area contributed by atoms with Crippen molar-refractivity contribution in [3.05, 3.63) is 0 Å². The second-order valence-electron chi connectivity index (χ2n) is 3.17. The number of carbonyl (C=O) groups is 2.